The first-order valence-corrected chi connectivity index (χ1v) is 6.99. The average molecular weight is 287 g/mol. The molecule has 0 spiro atoms. The van der Waals surface area contributed by atoms with E-state index >= 15 is 0 Å². The maximum absolute atomic E-state index is 12.0. The van der Waals surface area contributed by atoms with Gasteiger partial charge in [-0.05, 0) is 11.6 Å². The molecule has 0 radical (unpaired) electrons. The van der Waals surface area contributed by atoms with Crippen molar-refractivity contribution in [1.29, 1.82) is 0 Å². The molecule has 0 unspecified atom stereocenters. The summed E-state index contributed by atoms with van der Waals surface area (Å²) in [5.41, 5.74) is 8.77. The van der Waals surface area contributed by atoms with Gasteiger partial charge in [0, 0.05) is 28.6 Å². The van der Waals surface area contributed by atoms with Crippen LogP contribution in [-0.2, 0) is 0 Å². The van der Waals surface area contributed by atoms with Crippen LogP contribution in [-0.4, -0.2) is 15.9 Å². The van der Waals surface area contributed by atoms with E-state index in [2.05, 4.69) is 9.97 Å². The summed E-state index contributed by atoms with van der Waals surface area (Å²) in [5.74, 6) is -0.432. The zero-order valence-corrected chi connectivity index (χ0v) is 11.7. The van der Waals surface area contributed by atoms with Gasteiger partial charge in [0.05, 0.1) is 16.8 Å². The van der Waals surface area contributed by atoms with E-state index < -0.39 is 5.91 Å². The van der Waals surface area contributed by atoms with Crippen molar-refractivity contribution in [1.82, 2.24) is 9.97 Å². The number of nitrogens with zero attached hydrogens (tertiary/aromatic N) is 1. The summed E-state index contributed by atoms with van der Waals surface area (Å²) in [6.07, 6.45) is 3.55. The van der Waals surface area contributed by atoms with Gasteiger partial charge in [-0.1, -0.05) is 42.5 Å². The molecule has 0 aliphatic heterocycles. The van der Waals surface area contributed by atoms with Gasteiger partial charge in [-0.15, -0.1) is 0 Å². The van der Waals surface area contributed by atoms with Crippen LogP contribution in [0.1, 0.15) is 10.4 Å². The number of H-pyrrole nitrogens is 1. The molecule has 0 fully saturated rings. The van der Waals surface area contributed by atoms with Crippen LogP contribution in [0.4, 0.5) is 0 Å². The van der Waals surface area contributed by atoms with Crippen molar-refractivity contribution in [2.24, 2.45) is 5.73 Å². The Labute approximate surface area is 126 Å². The molecule has 0 bridgehead atoms. The van der Waals surface area contributed by atoms with E-state index in [4.69, 9.17) is 5.73 Å². The first kappa shape index (κ1) is 12.6. The van der Waals surface area contributed by atoms with E-state index in [9.17, 15) is 4.79 Å². The van der Waals surface area contributed by atoms with Crippen molar-refractivity contribution in [2.45, 2.75) is 0 Å². The van der Waals surface area contributed by atoms with Crippen LogP contribution in [0.5, 0.6) is 0 Å². The Morgan fingerprint density at radius 2 is 1.82 bits per heavy atom. The van der Waals surface area contributed by atoms with Gasteiger partial charge in [0.1, 0.15) is 0 Å². The van der Waals surface area contributed by atoms with Crippen molar-refractivity contribution in [2.75, 3.05) is 0 Å². The van der Waals surface area contributed by atoms with Crippen LogP contribution in [0.25, 0.3) is 32.9 Å². The number of benzene rings is 2. The van der Waals surface area contributed by atoms with Gasteiger partial charge in [-0.25, -0.2) is 0 Å². The molecule has 4 heteroatoms. The molecule has 4 aromatic rings. The topological polar surface area (TPSA) is 71.8 Å². The first-order chi connectivity index (χ1) is 10.8. The lowest BCUT2D eigenvalue weighted by Crippen LogP contribution is -2.11. The highest BCUT2D eigenvalue weighted by atomic mass is 16.1. The summed E-state index contributed by atoms with van der Waals surface area (Å²) in [4.78, 5) is 19.5. The van der Waals surface area contributed by atoms with Gasteiger partial charge >= 0.3 is 0 Å². The average Bonchev–Trinajstić information content (AvgIpc) is 2.96. The van der Waals surface area contributed by atoms with Gasteiger partial charge in [-0.2, -0.15) is 0 Å². The number of carbonyl (C=O) groups is 1. The van der Waals surface area contributed by atoms with Gasteiger partial charge in [0.15, 0.2) is 0 Å². The number of hydrogen-bond donors (Lipinski definition) is 2. The number of fused-ring (bicyclic) bond motifs is 3. The highest BCUT2D eigenvalue weighted by Gasteiger charge is 2.18. The highest BCUT2D eigenvalue weighted by Crippen LogP contribution is 2.33. The number of aromatic amines is 1. The van der Waals surface area contributed by atoms with Crippen LogP contribution in [0.15, 0.2) is 60.9 Å². The van der Waals surface area contributed by atoms with Crippen LogP contribution in [0, 0.1) is 0 Å². The quantitative estimate of drug-likeness (QED) is 0.592. The number of hydrogen-bond acceptors (Lipinski definition) is 2. The summed E-state index contributed by atoms with van der Waals surface area (Å²) < 4.78 is 0. The molecule has 0 aliphatic carbocycles. The van der Waals surface area contributed by atoms with Crippen LogP contribution in [0.3, 0.4) is 0 Å². The van der Waals surface area contributed by atoms with Gasteiger partial charge in [-0.3, -0.25) is 9.78 Å². The Morgan fingerprint density at radius 3 is 2.59 bits per heavy atom. The lowest BCUT2D eigenvalue weighted by molar-refractivity contribution is 0.100. The Morgan fingerprint density at radius 1 is 1.00 bits per heavy atom. The number of primary amides is 1. The zero-order valence-electron chi connectivity index (χ0n) is 11.7. The van der Waals surface area contributed by atoms with E-state index in [-0.39, 0.29) is 0 Å². The van der Waals surface area contributed by atoms with Crippen LogP contribution in [0.2, 0.25) is 0 Å². The molecule has 3 N–H and O–H groups in total. The summed E-state index contributed by atoms with van der Waals surface area (Å²) in [6.45, 7) is 0. The van der Waals surface area contributed by atoms with Gasteiger partial charge in [0.2, 0.25) is 0 Å². The summed E-state index contributed by atoms with van der Waals surface area (Å²) >= 11 is 0. The second-order valence-corrected chi connectivity index (χ2v) is 5.19. The molecule has 22 heavy (non-hydrogen) atoms. The molecular formula is C18H13N3O. The minimum atomic E-state index is -0.432. The van der Waals surface area contributed by atoms with Gasteiger partial charge in [0.25, 0.3) is 5.91 Å². The van der Waals surface area contributed by atoms with E-state index in [1.165, 1.54) is 0 Å². The summed E-state index contributed by atoms with van der Waals surface area (Å²) in [5, 5.41) is 2.88. The molecule has 0 atom stereocenters. The number of pyridine rings is 1. The summed E-state index contributed by atoms with van der Waals surface area (Å²) in [6, 6.07) is 15.6. The molecule has 0 aliphatic rings. The van der Waals surface area contributed by atoms with Crippen molar-refractivity contribution in [3.05, 3.63) is 66.5 Å². The number of carbonyl (C=O) groups excluding carboxylic acids is 1. The van der Waals surface area contributed by atoms with E-state index in [1.54, 1.807) is 6.20 Å². The molecule has 2 aromatic heterocycles. The molecule has 4 rings (SSSR count). The monoisotopic (exact) mass is 287 g/mol. The molecule has 0 saturated carbocycles. The highest BCUT2D eigenvalue weighted by molar-refractivity contribution is 6.17. The predicted molar refractivity (Wildman–Crippen MR) is 87.6 cm³/mol. The van der Waals surface area contributed by atoms with Crippen LogP contribution >= 0.6 is 0 Å². The Kier molecular flexibility index (Phi) is 2.69. The Balaban J connectivity index is 2.15. The minimum absolute atomic E-state index is 0.432. The number of rotatable bonds is 2. The molecular weight excluding hydrogens is 274 g/mol. The lowest BCUT2D eigenvalue weighted by atomic mass is 10.0. The molecule has 2 heterocycles. The molecule has 1 amide bonds. The van der Waals surface area contributed by atoms with Crippen molar-refractivity contribution in [3.8, 4) is 11.3 Å². The van der Waals surface area contributed by atoms with E-state index in [0.717, 1.165) is 32.9 Å². The predicted octanol–water partition coefficient (Wildman–Crippen LogP) is 3.48. The zero-order chi connectivity index (χ0) is 15.1. The largest absolute Gasteiger partial charge is 0.366 e. The van der Waals surface area contributed by atoms with E-state index in [1.807, 2.05) is 54.7 Å². The number of amides is 1. The van der Waals surface area contributed by atoms with E-state index in [0.29, 0.717) is 5.56 Å². The Hall–Kier alpha value is -3.14. The smallest absolute Gasteiger partial charge is 0.251 e. The molecule has 2 aromatic carbocycles. The molecule has 106 valence electrons. The second-order valence-electron chi connectivity index (χ2n) is 5.19. The SMILES string of the molecule is NC(=O)c1c(-c2ccccc2)[nH]c2c1ccc1cnccc12. The van der Waals surface area contributed by atoms with Crippen molar-refractivity contribution in [3.63, 3.8) is 0 Å². The van der Waals surface area contributed by atoms with Gasteiger partial charge < -0.3 is 10.7 Å². The minimum Gasteiger partial charge on any atom is -0.366 e. The fraction of sp³-hybridized carbons (Fsp3) is 0. The fourth-order valence-corrected chi connectivity index (χ4v) is 2.91. The van der Waals surface area contributed by atoms with Crippen molar-refractivity contribution < 1.29 is 4.79 Å². The number of aromatic nitrogens is 2. The molecule has 4 nitrogen and oxygen atoms in total. The normalized spacial score (nSPS) is 11.1. The third-order valence-electron chi connectivity index (χ3n) is 3.90. The maximum Gasteiger partial charge on any atom is 0.251 e. The maximum atomic E-state index is 12.0. The number of nitrogens with two attached hydrogens (primary N) is 1. The van der Waals surface area contributed by atoms with Crippen LogP contribution < -0.4 is 5.73 Å². The third kappa shape index (κ3) is 1.78. The third-order valence-corrected chi connectivity index (χ3v) is 3.90. The second kappa shape index (κ2) is 4.70. The Bertz CT molecular complexity index is 1000. The summed E-state index contributed by atoms with van der Waals surface area (Å²) in [7, 11) is 0. The van der Waals surface area contributed by atoms with Crippen molar-refractivity contribution >= 4 is 27.6 Å². The molecule has 0 saturated heterocycles. The first-order valence-electron chi connectivity index (χ1n) is 6.99. The fourth-order valence-electron chi connectivity index (χ4n) is 2.91. The number of nitrogens with one attached hydrogen (secondary N) is 1. The standard InChI is InChI=1S/C18H13N3O/c19-18(22)15-14-7-6-12-10-20-9-8-13(12)17(14)21-16(15)11-4-2-1-3-5-11/h1-10,21H,(H2,19,22). The lowest BCUT2D eigenvalue weighted by Gasteiger charge is -2.01.